The van der Waals surface area contributed by atoms with E-state index in [1.807, 2.05) is 4.90 Å². The molecule has 2 aliphatic rings. The molecule has 1 heterocycles. The van der Waals surface area contributed by atoms with Crippen molar-refractivity contribution in [1.82, 2.24) is 4.90 Å². The van der Waals surface area contributed by atoms with Crippen LogP contribution in [0.5, 0.6) is 5.75 Å². The average molecular weight is 340 g/mol. The summed E-state index contributed by atoms with van der Waals surface area (Å²) in [7, 11) is 0. The molecular formula is C16H22ClN3O3. The molecule has 3 N–H and O–H groups in total. The smallest absolute Gasteiger partial charge is 0.260 e. The third kappa shape index (κ3) is 4.36. The van der Waals surface area contributed by atoms with Gasteiger partial charge < -0.3 is 20.7 Å². The minimum atomic E-state index is -0.706. The second-order valence-electron chi connectivity index (χ2n) is 6.01. The molecule has 0 spiro atoms. The summed E-state index contributed by atoms with van der Waals surface area (Å²) in [6.45, 7) is 1.66. The first kappa shape index (κ1) is 17.6. The topological polar surface area (TPSA) is 84.7 Å². The summed E-state index contributed by atoms with van der Waals surface area (Å²) in [4.78, 5) is 25.7. The maximum absolute atomic E-state index is 11.9. The first-order chi connectivity index (χ1) is 10.6. The van der Waals surface area contributed by atoms with Crippen LogP contribution in [0.4, 0.5) is 5.69 Å². The van der Waals surface area contributed by atoms with E-state index < -0.39 is 5.54 Å². The summed E-state index contributed by atoms with van der Waals surface area (Å²) < 4.78 is 5.53. The van der Waals surface area contributed by atoms with Crippen molar-refractivity contribution < 1.29 is 14.3 Å². The van der Waals surface area contributed by atoms with Crippen LogP contribution in [0.15, 0.2) is 24.3 Å². The highest BCUT2D eigenvalue weighted by Crippen LogP contribution is 2.33. The number of nitrogens with two attached hydrogens (primary N) is 1. The SMILES string of the molecule is Cl.NC1(C(=O)Nc2cccc(OCC(=O)N3CCCC3)c2)CC1. The van der Waals surface area contributed by atoms with Gasteiger partial charge >= 0.3 is 0 Å². The van der Waals surface area contributed by atoms with Gasteiger partial charge in [-0.2, -0.15) is 0 Å². The third-order valence-corrected chi connectivity index (χ3v) is 4.15. The Bertz CT molecular complexity index is 584. The van der Waals surface area contributed by atoms with Crippen LogP contribution in [0.2, 0.25) is 0 Å². The Balaban J connectivity index is 0.00000192. The highest BCUT2D eigenvalue weighted by molar-refractivity contribution is 6.00. The Labute approximate surface area is 141 Å². The van der Waals surface area contributed by atoms with Crippen molar-refractivity contribution in [2.24, 2.45) is 5.73 Å². The van der Waals surface area contributed by atoms with Gasteiger partial charge in [0.2, 0.25) is 5.91 Å². The molecule has 6 nitrogen and oxygen atoms in total. The molecule has 2 fully saturated rings. The lowest BCUT2D eigenvalue weighted by Crippen LogP contribution is -2.37. The van der Waals surface area contributed by atoms with Crippen LogP contribution in [0.1, 0.15) is 25.7 Å². The number of amides is 2. The van der Waals surface area contributed by atoms with Gasteiger partial charge in [0.15, 0.2) is 6.61 Å². The molecule has 0 unspecified atom stereocenters. The predicted octanol–water partition coefficient (Wildman–Crippen LogP) is 1.54. The molecule has 1 aliphatic heterocycles. The van der Waals surface area contributed by atoms with Crippen LogP contribution in [-0.2, 0) is 9.59 Å². The third-order valence-electron chi connectivity index (χ3n) is 4.15. The lowest BCUT2D eigenvalue weighted by atomic mass is 10.2. The highest BCUT2D eigenvalue weighted by Gasteiger charge is 2.45. The lowest BCUT2D eigenvalue weighted by Gasteiger charge is -2.16. The van der Waals surface area contributed by atoms with Crippen molar-refractivity contribution in [2.45, 2.75) is 31.2 Å². The zero-order valence-electron chi connectivity index (χ0n) is 12.9. The predicted molar refractivity (Wildman–Crippen MR) is 89.8 cm³/mol. The molecule has 0 aromatic heterocycles. The van der Waals surface area contributed by atoms with Gasteiger partial charge in [0.1, 0.15) is 5.75 Å². The van der Waals surface area contributed by atoms with Gasteiger partial charge in [0.25, 0.3) is 5.91 Å². The second-order valence-corrected chi connectivity index (χ2v) is 6.01. The number of likely N-dealkylation sites (tertiary alicyclic amines) is 1. The molecule has 7 heteroatoms. The zero-order chi connectivity index (χ0) is 15.6. The summed E-state index contributed by atoms with van der Waals surface area (Å²) in [6.07, 6.45) is 3.57. The molecule has 0 bridgehead atoms. The van der Waals surface area contributed by atoms with Crippen molar-refractivity contribution in [2.75, 3.05) is 25.0 Å². The van der Waals surface area contributed by atoms with E-state index in [4.69, 9.17) is 10.5 Å². The van der Waals surface area contributed by atoms with Crippen LogP contribution in [0.3, 0.4) is 0 Å². The maximum atomic E-state index is 11.9. The molecule has 1 saturated carbocycles. The fourth-order valence-electron chi connectivity index (χ4n) is 2.48. The molecule has 1 aromatic carbocycles. The fraction of sp³-hybridized carbons (Fsp3) is 0.500. The highest BCUT2D eigenvalue weighted by atomic mass is 35.5. The van der Waals surface area contributed by atoms with Gasteiger partial charge in [-0.05, 0) is 37.8 Å². The first-order valence-electron chi connectivity index (χ1n) is 7.68. The van der Waals surface area contributed by atoms with Crippen LogP contribution in [0.25, 0.3) is 0 Å². The number of benzene rings is 1. The minimum Gasteiger partial charge on any atom is -0.484 e. The molecular weight excluding hydrogens is 318 g/mol. The van der Waals surface area contributed by atoms with Gasteiger partial charge in [-0.25, -0.2) is 0 Å². The number of hydrogen-bond acceptors (Lipinski definition) is 4. The Kier molecular flexibility index (Phi) is 5.49. The molecule has 2 amide bonds. The van der Waals surface area contributed by atoms with Crippen LogP contribution < -0.4 is 15.8 Å². The molecule has 0 radical (unpaired) electrons. The maximum Gasteiger partial charge on any atom is 0.260 e. The Hall–Kier alpha value is -1.79. The molecule has 0 atom stereocenters. The standard InChI is InChI=1S/C16H21N3O3.ClH/c17-16(6-7-16)15(21)18-12-4-3-5-13(10-12)22-11-14(20)19-8-1-2-9-19;/h3-5,10H,1-2,6-9,11,17H2,(H,18,21);1H. The summed E-state index contributed by atoms with van der Waals surface area (Å²) in [6, 6.07) is 7.03. The molecule has 126 valence electrons. The number of ether oxygens (including phenoxy) is 1. The number of hydrogen-bond donors (Lipinski definition) is 2. The van der Waals surface area contributed by atoms with Gasteiger partial charge in [-0.15, -0.1) is 12.4 Å². The van der Waals surface area contributed by atoms with Crippen molar-refractivity contribution in [1.29, 1.82) is 0 Å². The average Bonchev–Trinajstić information content (AvgIpc) is 3.04. The van der Waals surface area contributed by atoms with Gasteiger partial charge in [0.05, 0.1) is 5.54 Å². The van der Waals surface area contributed by atoms with Crippen molar-refractivity contribution in [3.63, 3.8) is 0 Å². The number of nitrogens with zero attached hydrogens (tertiary/aromatic N) is 1. The summed E-state index contributed by atoms with van der Waals surface area (Å²) in [5.74, 6) is 0.399. The fourth-order valence-corrected chi connectivity index (χ4v) is 2.48. The van der Waals surface area contributed by atoms with E-state index >= 15 is 0 Å². The zero-order valence-corrected chi connectivity index (χ0v) is 13.7. The monoisotopic (exact) mass is 339 g/mol. The number of nitrogens with one attached hydrogen (secondary N) is 1. The van der Waals surface area contributed by atoms with E-state index in [9.17, 15) is 9.59 Å². The quantitative estimate of drug-likeness (QED) is 0.852. The van der Waals surface area contributed by atoms with E-state index in [2.05, 4.69) is 5.32 Å². The summed E-state index contributed by atoms with van der Waals surface area (Å²) >= 11 is 0. The van der Waals surface area contributed by atoms with E-state index in [1.54, 1.807) is 24.3 Å². The number of halogens is 1. The van der Waals surface area contributed by atoms with Crippen LogP contribution >= 0.6 is 12.4 Å². The Morgan fingerprint density at radius 1 is 1.26 bits per heavy atom. The lowest BCUT2D eigenvalue weighted by molar-refractivity contribution is -0.132. The van der Waals surface area contributed by atoms with E-state index in [-0.39, 0.29) is 30.8 Å². The summed E-state index contributed by atoms with van der Waals surface area (Å²) in [5, 5.41) is 2.79. The minimum absolute atomic E-state index is 0. The molecule has 1 aliphatic carbocycles. The number of rotatable bonds is 5. The number of carbonyl (C=O) groups excluding carboxylic acids is 2. The molecule has 1 saturated heterocycles. The van der Waals surface area contributed by atoms with Gasteiger partial charge in [0, 0.05) is 24.8 Å². The normalized spacial score (nSPS) is 18.0. The number of anilines is 1. The Morgan fingerprint density at radius 2 is 1.96 bits per heavy atom. The Morgan fingerprint density at radius 3 is 2.61 bits per heavy atom. The van der Waals surface area contributed by atoms with Crippen molar-refractivity contribution in [3.05, 3.63) is 24.3 Å². The van der Waals surface area contributed by atoms with Crippen LogP contribution in [-0.4, -0.2) is 41.9 Å². The molecule has 23 heavy (non-hydrogen) atoms. The first-order valence-corrected chi connectivity index (χ1v) is 7.68. The molecule has 3 rings (SSSR count). The van der Waals surface area contributed by atoms with Gasteiger partial charge in [-0.3, -0.25) is 9.59 Å². The largest absolute Gasteiger partial charge is 0.484 e. The number of carbonyl (C=O) groups is 2. The van der Waals surface area contributed by atoms with E-state index in [0.29, 0.717) is 11.4 Å². The van der Waals surface area contributed by atoms with E-state index in [0.717, 1.165) is 38.8 Å². The van der Waals surface area contributed by atoms with Crippen molar-refractivity contribution in [3.8, 4) is 5.75 Å². The van der Waals surface area contributed by atoms with Gasteiger partial charge in [-0.1, -0.05) is 6.07 Å². The van der Waals surface area contributed by atoms with E-state index in [1.165, 1.54) is 0 Å². The second kappa shape index (κ2) is 7.19. The molecule has 1 aromatic rings. The summed E-state index contributed by atoms with van der Waals surface area (Å²) in [5.41, 5.74) is 5.78. The van der Waals surface area contributed by atoms with Crippen LogP contribution in [0, 0.1) is 0 Å². The van der Waals surface area contributed by atoms with Crippen molar-refractivity contribution >= 4 is 29.9 Å².